The fraction of sp³-hybridized carbons (Fsp3) is 0.0222. The van der Waals surface area contributed by atoms with Crippen molar-refractivity contribution in [2.24, 2.45) is 0 Å². The van der Waals surface area contributed by atoms with Crippen molar-refractivity contribution in [3.8, 4) is 34.2 Å². The molecule has 2 heterocycles. The van der Waals surface area contributed by atoms with Crippen molar-refractivity contribution in [3.63, 3.8) is 0 Å². The molecule has 0 saturated carbocycles. The maximum Gasteiger partial charge on any atom is 0.168 e. The summed E-state index contributed by atoms with van der Waals surface area (Å²) < 4.78 is 4.49. The molecule has 0 radical (unpaired) electrons. The van der Waals surface area contributed by atoms with E-state index in [2.05, 4.69) is 190 Å². The van der Waals surface area contributed by atoms with E-state index in [0.29, 0.717) is 0 Å². The van der Waals surface area contributed by atoms with Gasteiger partial charge in [-0.1, -0.05) is 103 Å². The van der Waals surface area contributed by atoms with Crippen LogP contribution in [0.5, 0.6) is 0 Å². The number of anilines is 3. The molecule has 5 nitrogen and oxygen atoms in total. The van der Waals surface area contributed by atoms with E-state index in [1.54, 1.807) is 0 Å². The Morgan fingerprint density at radius 3 is 1.36 bits per heavy atom. The van der Waals surface area contributed by atoms with Gasteiger partial charge in [-0.05, 0) is 91.9 Å². The molecular weight excluding hydrogens is 611 g/mol. The fourth-order valence-electron chi connectivity index (χ4n) is 6.92. The number of aromatic nitrogens is 4. The monoisotopic (exact) mass is 643 g/mol. The van der Waals surface area contributed by atoms with Crippen LogP contribution in [0.3, 0.4) is 0 Å². The Morgan fingerprint density at radius 1 is 0.380 bits per heavy atom. The molecule has 0 amide bonds. The minimum atomic E-state index is 0.792. The van der Waals surface area contributed by atoms with Gasteiger partial charge in [0.15, 0.2) is 11.6 Å². The second-order valence-electron chi connectivity index (χ2n) is 12.5. The summed E-state index contributed by atoms with van der Waals surface area (Å²) in [6.07, 6.45) is 0. The predicted octanol–water partition coefficient (Wildman–Crippen LogP) is 11.5. The summed E-state index contributed by atoms with van der Waals surface area (Å²) in [5.41, 5.74) is 11.0. The van der Waals surface area contributed by atoms with Crippen LogP contribution in [0.15, 0.2) is 182 Å². The molecule has 2 aromatic heterocycles. The average Bonchev–Trinajstić information content (AvgIpc) is 3.77. The quantitative estimate of drug-likeness (QED) is 0.173. The van der Waals surface area contributed by atoms with Gasteiger partial charge in [0.25, 0.3) is 0 Å². The molecule has 238 valence electrons. The van der Waals surface area contributed by atoms with Crippen molar-refractivity contribution in [2.45, 2.75) is 6.92 Å². The first-order chi connectivity index (χ1) is 24.7. The number of rotatable bonds is 7. The third kappa shape index (κ3) is 5.13. The molecule has 9 rings (SSSR count). The highest BCUT2D eigenvalue weighted by molar-refractivity contribution is 6.09. The van der Waals surface area contributed by atoms with Crippen LogP contribution < -0.4 is 4.90 Å². The Labute approximate surface area is 291 Å². The molecule has 0 bridgehead atoms. The SMILES string of the molecule is Cc1ccc(-c2nnc(-c3ccc(N(c4ccccc4)c4ccc(-n5c6ccccc6c6ccccc65)cc4)cc3)n2-c2ccccc2)cc1. The van der Waals surface area contributed by atoms with E-state index >= 15 is 0 Å². The van der Waals surface area contributed by atoms with Crippen LogP contribution in [-0.4, -0.2) is 19.3 Å². The standard InChI is InChI=1S/C45H33N5/c1-32-20-22-33(23-21-32)44-46-47-45(50(44)36-14-6-3-7-15-36)34-24-26-37(27-25-34)48(35-12-4-2-5-13-35)38-28-30-39(31-29-38)49-42-18-10-8-16-40(42)41-17-9-11-19-43(41)49/h2-31H,1H3. The molecule has 50 heavy (non-hydrogen) atoms. The first-order valence-corrected chi connectivity index (χ1v) is 16.8. The van der Waals surface area contributed by atoms with Gasteiger partial charge in [0.1, 0.15) is 0 Å². The Balaban J connectivity index is 1.11. The highest BCUT2D eigenvalue weighted by Gasteiger charge is 2.19. The lowest BCUT2D eigenvalue weighted by Gasteiger charge is -2.26. The van der Waals surface area contributed by atoms with Crippen LogP contribution in [0.25, 0.3) is 56.0 Å². The zero-order valence-electron chi connectivity index (χ0n) is 27.6. The smallest absolute Gasteiger partial charge is 0.168 e. The fourth-order valence-corrected chi connectivity index (χ4v) is 6.92. The van der Waals surface area contributed by atoms with Crippen LogP contribution >= 0.6 is 0 Å². The van der Waals surface area contributed by atoms with Gasteiger partial charge in [0.05, 0.1) is 11.0 Å². The van der Waals surface area contributed by atoms with Crippen LogP contribution in [0, 0.1) is 6.92 Å². The molecule has 0 aliphatic rings. The zero-order chi connectivity index (χ0) is 33.4. The number of hydrogen-bond acceptors (Lipinski definition) is 3. The van der Waals surface area contributed by atoms with E-state index < -0.39 is 0 Å². The molecule has 0 unspecified atom stereocenters. The Hall–Kier alpha value is -6.72. The Bertz CT molecular complexity index is 2510. The summed E-state index contributed by atoms with van der Waals surface area (Å²) in [4.78, 5) is 2.29. The lowest BCUT2D eigenvalue weighted by molar-refractivity contribution is 1.07. The van der Waals surface area contributed by atoms with Crippen molar-refractivity contribution in [1.82, 2.24) is 19.3 Å². The molecule has 7 aromatic carbocycles. The highest BCUT2D eigenvalue weighted by atomic mass is 15.3. The molecule has 0 saturated heterocycles. The van der Waals surface area contributed by atoms with Gasteiger partial charge in [-0.15, -0.1) is 10.2 Å². The molecule has 0 spiro atoms. The largest absolute Gasteiger partial charge is 0.311 e. The maximum absolute atomic E-state index is 4.73. The third-order valence-electron chi connectivity index (χ3n) is 9.33. The van der Waals surface area contributed by atoms with Crippen molar-refractivity contribution in [2.75, 3.05) is 4.90 Å². The van der Waals surface area contributed by atoms with Gasteiger partial charge in [0.2, 0.25) is 0 Å². The van der Waals surface area contributed by atoms with E-state index in [-0.39, 0.29) is 0 Å². The van der Waals surface area contributed by atoms with Gasteiger partial charge in [-0.25, -0.2) is 0 Å². The number of nitrogens with zero attached hydrogens (tertiary/aromatic N) is 5. The van der Waals surface area contributed by atoms with Crippen molar-refractivity contribution < 1.29 is 0 Å². The zero-order valence-corrected chi connectivity index (χ0v) is 27.6. The molecular formula is C45H33N5. The second kappa shape index (κ2) is 12.4. The summed E-state index contributed by atoms with van der Waals surface area (Å²) in [6.45, 7) is 2.09. The average molecular weight is 644 g/mol. The molecule has 5 heteroatoms. The first-order valence-electron chi connectivity index (χ1n) is 16.8. The second-order valence-corrected chi connectivity index (χ2v) is 12.5. The summed E-state index contributed by atoms with van der Waals surface area (Å²) in [5.74, 6) is 1.60. The summed E-state index contributed by atoms with van der Waals surface area (Å²) in [7, 11) is 0. The lowest BCUT2D eigenvalue weighted by atomic mass is 10.1. The molecule has 0 fully saturated rings. The first kappa shape index (κ1) is 29.4. The molecule has 0 atom stereocenters. The van der Waals surface area contributed by atoms with Crippen molar-refractivity contribution >= 4 is 38.9 Å². The minimum Gasteiger partial charge on any atom is -0.311 e. The van der Waals surface area contributed by atoms with Gasteiger partial charge >= 0.3 is 0 Å². The predicted molar refractivity (Wildman–Crippen MR) is 206 cm³/mol. The summed E-state index contributed by atoms with van der Waals surface area (Å²) in [5, 5.41) is 11.9. The summed E-state index contributed by atoms with van der Waals surface area (Å²) >= 11 is 0. The Kier molecular flexibility index (Phi) is 7.29. The molecule has 0 N–H and O–H groups in total. The van der Waals surface area contributed by atoms with Gasteiger partial charge in [-0.3, -0.25) is 4.57 Å². The van der Waals surface area contributed by atoms with Crippen molar-refractivity contribution in [1.29, 1.82) is 0 Å². The number of aryl methyl sites for hydroxylation is 1. The number of para-hydroxylation sites is 4. The third-order valence-corrected chi connectivity index (χ3v) is 9.33. The van der Waals surface area contributed by atoms with Crippen LogP contribution in [-0.2, 0) is 0 Å². The minimum absolute atomic E-state index is 0.792. The molecule has 0 aliphatic carbocycles. The molecule has 0 aliphatic heterocycles. The van der Waals surface area contributed by atoms with E-state index in [4.69, 9.17) is 5.10 Å². The number of hydrogen-bond donors (Lipinski definition) is 0. The van der Waals surface area contributed by atoms with Crippen molar-refractivity contribution in [3.05, 3.63) is 188 Å². The van der Waals surface area contributed by atoms with Crippen LogP contribution in [0.2, 0.25) is 0 Å². The maximum atomic E-state index is 4.73. The number of benzene rings is 7. The Morgan fingerprint density at radius 2 is 0.800 bits per heavy atom. The topological polar surface area (TPSA) is 38.9 Å². The van der Waals surface area contributed by atoms with E-state index in [9.17, 15) is 0 Å². The lowest BCUT2D eigenvalue weighted by Crippen LogP contribution is -2.10. The van der Waals surface area contributed by atoms with Crippen LogP contribution in [0.4, 0.5) is 17.1 Å². The molecule has 9 aromatic rings. The highest BCUT2D eigenvalue weighted by Crippen LogP contribution is 2.38. The summed E-state index contributed by atoms with van der Waals surface area (Å²) in [6, 6.07) is 64.0. The normalized spacial score (nSPS) is 11.3. The van der Waals surface area contributed by atoms with Crippen LogP contribution in [0.1, 0.15) is 5.56 Å². The van der Waals surface area contributed by atoms with Gasteiger partial charge in [0, 0.05) is 50.3 Å². The van der Waals surface area contributed by atoms with Gasteiger partial charge < -0.3 is 9.47 Å². The van der Waals surface area contributed by atoms with E-state index in [0.717, 1.165) is 51.2 Å². The van der Waals surface area contributed by atoms with E-state index in [1.165, 1.54) is 27.4 Å². The van der Waals surface area contributed by atoms with Gasteiger partial charge in [-0.2, -0.15) is 0 Å². The van der Waals surface area contributed by atoms with E-state index in [1.807, 2.05) is 18.2 Å². The number of fused-ring (bicyclic) bond motifs is 3.